The highest BCUT2D eigenvalue weighted by Gasteiger charge is 2.29. The SMILES string of the molecule is Cc1nc(/C=C/C(=O)N2CC[C@H](Cc3ccccc3C)[C@@H](O)C2)cs1. The fourth-order valence-electron chi connectivity index (χ4n) is 3.26. The number of aromatic nitrogens is 1. The first kappa shape index (κ1) is 17.8. The van der Waals surface area contributed by atoms with Crippen molar-refractivity contribution in [2.45, 2.75) is 32.8 Å². The minimum absolute atomic E-state index is 0.0564. The molecule has 3 rings (SSSR count). The van der Waals surface area contributed by atoms with Crippen molar-refractivity contribution in [3.63, 3.8) is 0 Å². The van der Waals surface area contributed by atoms with Crippen LogP contribution in [0.4, 0.5) is 0 Å². The van der Waals surface area contributed by atoms with Gasteiger partial charge in [0.05, 0.1) is 16.8 Å². The van der Waals surface area contributed by atoms with Crippen LogP contribution in [0.15, 0.2) is 35.7 Å². The van der Waals surface area contributed by atoms with Crippen LogP contribution in [0.3, 0.4) is 0 Å². The van der Waals surface area contributed by atoms with Crippen LogP contribution in [0.2, 0.25) is 0 Å². The molecule has 25 heavy (non-hydrogen) atoms. The monoisotopic (exact) mass is 356 g/mol. The molecular formula is C20H24N2O2S. The van der Waals surface area contributed by atoms with Crippen LogP contribution in [0.25, 0.3) is 6.08 Å². The maximum atomic E-state index is 12.3. The van der Waals surface area contributed by atoms with E-state index in [4.69, 9.17) is 0 Å². The second-order valence-electron chi connectivity index (χ2n) is 6.66. The van der Waals surface area contributed by atoms with E-state index in [1.54, 1.807) is 28.4 Å². The topological polar surface area (TPSA) is 53.4 Å². The number of aliphatic hydroxyl groups is 1. The first-order valence-electron chi connectivity index (χ1n) is 8.64. The molecule has 132 valence electrons. The predicted molar refractivity (Wildman–Crippen MR) is 101 cm³/mol. The second kappa shape index (κ2) is 7.93. The molecule has 1 fully saturated rings. The van der Waals surface area contributed by atoms with Gasteiger partial charge in [0.15, 0.2) is 0 Å². The van der Waals surface area contributed by atoms with E-state index in [0.29, 0.717) is 13.1 Å². The number of amides is 1. The van der Waals surface area contributed by atoms with Gasteiger partial charge in [-0.15, -0.1) is 11.3 Å². The smallest absolute Gasteiger partial charge is 0.246 e. The van der Waals surface area contributed by atoms with E-state index < -0.39 is 6.10 Å². The Morgan fingerprint density at radius 3 is 2.88 bits per heavy atom. The molecule has 1 N–H and O–H groups in total. The van der Waals surface area contributed by atoms with Gasteiger partial charge < -0.3 is 10.0 Å². The van der Waals surface area contributed by atoms with Crippen LogP contribution < -0.4 is 0 Å². The Balaban J connectivity index is 1.56. The first-order valence-corrected chi connectivity index (χ1v) is 9.52. The number of aryl methyl sites for hydroxylation is 2. The standard InChI is InChI=1S/C20H24N2O2S/c1-14-5-3-4-6-16(14)11-17-9-10-22(12-19(17)23)20(24)8-7-18-13-25-15(2)21-18/h3-8,13,17,19,23H,9-12H2,1-2H3/b8-7+/t17-,19+/m1/s1. The molecule has 0 spiro atoms. The number of carbonyl (C=O) groups excluding carboxylic acids is 1. The number of nitrogens with zero attached hydrogens (tertiary/aromatic N) is 2. The fraction of sp³-hybridized carbons (Fsp3) is 0.400. The van der Waals surface area contributed by atoms with Crippen LogP contribution in [0.1, 0.15) is 28.2 Å². The van der Waals surface area contributed by atoms with Crippen LogP contribution in [-0.4, -0.2) is 40.1 Å². The zero-order valence-electron chi connectivity index (χ0n) is 14.7. The normalized spacial score (nSPS) is 21.0. The van der Waals surface area contributed by atoms with Crippen LogP contribution >= 0.6 is 11.3 Å². The Morgan fingerprint density at radius 1 is 1.40 bits per heavy atom. The Labute approximate surface area is 152 Å². The predicted octanol–water partition coefficient (Wildman–Crippen LogP) is 3.23. The van der Waals surface area contributed by atoms with Crippen molar-refractivity contribution in [2.24, 2.45) is 5.92 Å². The summed E-state index contributed by atoms with van der Waals surface area (Å²) < 4.78 is 0. The maximum Gasteiger partial charge on any atom is 0.246 e. The van der Waals surface area contributed by atoms with Gasteiger partial charge in [0.25, 0.3) is 0 Å². The average molecular weight is 356 g/mol. The Kier molecular flexibility index (Phi) is 5.66. The number of carbonyl (C=O) groups is 1. The highest BCUT2D eigenvalue weighted by atomic mass is 32.1. The molecule has 2 atom stereocenters. The molecule has 1 amide bonds. The third-order valence-electron chi connectivity index (χ3n) is 4.81. The summed E-state index contributed by atoms with van der Waals surface area (Å²) in [6.07, 6.45) is 4.52. The number of rotatable bonds is 4. The summed E-state index contributed by atoms with van der Waals surface area (Å²) in [5.74, 6) is 0.148. The van der Waals surface area contributed by atoms with Crippen molar-refractivity contribution >= 4 is 23.3 Å². The molecule has 0 bridgehead atoms. The Bertz CT molecular complexity index is 769. The molecule has 1 aliphatic heterocycles. The van der Waals surface area contributed by atoms with E-state index in [1.807, 2.05) is 24.4 Å². The summed E-state index contributed by atoms with van der Waals surface area (Å²) in [6.45, 7) is 5.13. The second-order valence-corrected chi connectivity index (χ2v) is 7.72. The van der Waals surface area contributed by atoms with E-state index in [2.05, 4.69) is 24.0 Å². The van der Waals surface area contributed by atoms with Crippen molar-refractivity contribution < 1.29 is 9.90 Å². The summed E-state index contributed by atoms with van der Waals surface area (Å²) in [6, 6.07) is 8.30. The molecule has 0 radical (unpaired) electrons. The van der Waals surface area contributed by atoms with Crippen LogP contribution in [0.5, 0.6) is 0 Å². The van der Waals surface area contributed by atoms with Crippen LogP contribution in [0, 0.1) is 19.8 Å². The number of likely N-dealkylation sites (tertiary alicyclic amines) is 1. The van der Waals surface area contributed by atoms with E-state index in [-0.39, 0.29) is 11.8 Å². The third-order valence-corrected chi connectivity index (χ3v) is 5.60. The van der Waals surface area contributed by atoms with Gasteiger partial charge in [0.2, 0.25) is 5.91 Å². The van der Waals surface area contributed by atoms with Crippen molar-refractivity contribution in [1.29, 1.82) is 0 Å². The zero-order valence-corrected chi connectivity index (χ0v) is 15.5. The van der Waals surface area contributed by atoms with E-state index in [9.17, 15) is 9.90 Å². The van der Waals surface area contributed by atoms with Gasteiger partial charge in [-0.3, -0.25) is 4.79 Å². The third kappa shape index (κ3) is 4.55. The number of benzene rings is 1. The first-order chi connectivity index (χ1) is 12.0. The number of aliphatic hydroxyl groups excluding tert-OH is 1. The fourth-order valence-corrected chi connectivity index (χ4v) is 3.84. The molecular weight excluding hydrogens is 332 g/mol. The van der Waals surface area contributed by atoms with Crippen molar-refractivity contribution in [2.75, 3.05) is 13.1 Å². The molecule has 0 saturated carbocycles. The van der Waals surface area contributed by atoms with Gasteiger partial charge in [0.1, 0.15) is 0 Å². The molecule has 1 aliphatic rings. The lowest BCUT2D eigenvalue weighted by atomic mass is 9.86. The highest BCUT2D eigenvalue weighted by Crippen LogP contribution is 2.24. The lowest BCUT2D eigenvalue weighted by Crippen LogP contribution is -2.46. The molecule has 0 unspecified atom stereocenters. The number of hydrogen-bond donors (Lipinski definition) is 1. The number of piperidine rings is 1. The highest BCUT2D eigenvalue weighted by molar-refractivity contribution is 7.09. The minimum atomic E-state index is -0.479. The Hall–Kier alpha value is -1.98. The molecule has 2 aromatic rings. The quantitative estimate of drug-likeness (QED) is 0.856. The van der Waals surface area contributed by atoms with Gasteiger partial charge in [-0.1, -0.05) is 24.3 Å². The van der Waals surface area contributed by atoms with Gasteiger partial charge in [-0.2, -0.15) is 0 Å². The van der Waals surface area contributed by atoms with E-state index >= 15 is 0 Å². The van der Waals surface area contributed by atoms with E-state index in [1.165, 1.54) is 11.1 Å². The molecule has 4 nitrogen and oxygen atoms in total. The summed E-state index contributed by atoms with van der Waals surface area (Å²) >= 11 is 1.57. The van der Waals surface area contributed by atoms with Gasteiger partial charge in [0, 0.05) is 24.5 Å². The van der Waals surface area contributed by atoms with Gasteiger partial charge >= 0.3 is 0 Å². The lowest BCUT2D eigenvalue weighted by Gasteiger charge is -2.35. The molecule has 2 heterocycles. The molecule has 5 heteroatoms. The zero-order chi connectivity index (χ0) is 17.8. The molecule has 0 aliphatic carbocycles. The van der Waals surface area contributed by atoms with Crippen molar-refractivity contribution in [3.05, 3.63) is 57.6 Å². The number of β-amino-alcohol motifs (C(OH)–C–C–N with tert-alkyl or cyclic N) is 1. The summed E-state index contributed by atoms with van der Waals surface area (Å²) in [5.41, 5.74) is 3.35. The van der Waals surface area contributed by atoms with Gasteiger partial charge in [-0.05, 0) is 49.8 Å². The summed E-state index contributed by atoms with van der Waals surface area (Å²) in [5, 5.41) is 13.4. The molecule has 1 aromatic carbocycles. The van der Waals surface area contributed by atoms with E-state index in [0.717, 1.165) is 23.5 Å². The largest absolute Gasteiger partial charge is 0.391 e. The summed E-state index contributed by atoms with van der Waals surface area (Å²) in [7, 11) is 0. The van der Waals surface area contributed by atoms with Crippen molar-refractivity contribution in [1.82, 2.24) is 9.88 Å². The average Bonchev–Trinajstić information content (AvgIpc) is 3.02. The lowest BCUT2D eigenvalue weighted by molar-refractivity contribution is -0.130. The van der Waals surface area contributed by atoms with Crippen LogP contribution in [-0.2, 0) is 11.2 Å². The minimum Gasteiger partial charge on any atom is -0.391 e. The Morgan fingerprint density at radius 2 is 2.20 bits per heavy atom. The summed E-state index contributed by atoms with van der Waals surface area (Å²) in [4.78, 5) is 18.4. The molecule has 1 saturated heterocycles. The number of hydrogen-bond acceptors (Lipinski definition) is 4. The van der Waals surface area contributed by atoms with Crippen molar-refractivity contribution in [3.8, 4) is 0 Å². The number of thiazole rings is 1. The van der Waals surface area contributed by atoms with Gasteiger partial charge in [-0.25, -0.2) is 4.98 Å². The maximum absolute atomic E-state index is 12.3. The molecule has 1 aromatic heterocycles.